The van der Waals surface area contributed by atoms with Crippen LogP contribution in [0.25, 0.3) is 16.5 Å². The quantitative estimate of drug-likeness (QED) is 0.379. The summed E-state index contributed by atoms with van der Waals surface area (Å²) < 4.78 is 6.21. The van der Waals surface area contributed by atoms with Crippen LogP contribution in [0.15, 0.2) is 81.7 Å². The molecule has 1 aliphatic carbocycles. The number of carbonyl (C=O) groups is 1. The van der Waals surface area contributed by atoms with Crippen LogP contribution in [-0.4, -0.2) is 23.8 Å². The molecular weight excluding hydrogens is 454 g/mol. The molecular formula is C26H22ClN3O4. The zero-order chi connectivity index (χ0) is 24.4. The van der Waals surface area contributed by atoms with E-state index in [1.807, 2.05) is 6.92 Å². The van der Waals surface area contributed by atoms with Crippen LogP contribution in [0.5, 0.6) is 0 Å². The Morgan fingerprint density at radius 3 is 2.71 bits per heavy atom. The number of aromatic carboxylic acids is 1. The van der Waals surface area contributed by atoms with E-state index in [2.05, 4.69) is 10.6 Å². The van der Waals surface area contributed by atoms with Crippen LogP contribution >= 0.6 is 11.6 Å². The molecule has 0 saturated carbocycles. The summed E-state index contributed by atoms with van der Waals surface area (Å²) in [4.78, 5) is 24.6. The largest absolute Gasteiger partial charge is 0.478 e. The zero-order valence-corrected chi connectivity index (χ0v) is 19.2. The Hall–Kier alpha value is -4.10. The van der Waals surface area contributed by atoms with Gasteiger partial charge in [0.1, 0.15) is 11.3 Å². The Bertz CT molecular complexity index is 1470. The van der Waals surface area contributed by atoms with E-state index in [-0.39, 0.29) is 11.0 Å². The molecule has 0 radical (unpaired) electrons. The number of hydrogen-bond donors (Lipinski definition) is 4. The number of anilines is 1. The number of allylic oxidation sites excluding steroid dienone is 5. The Morgan fingerprint density at radius 2 is 1.97 bits per heavy atom. The summed E-state index contributed by atoms with van der Waals surface area (Å²) in [6.07, 6.45) is 6.82. The van der Waals surface area contributed by atoms with Crippen molar-refractivity contribution in [1.29, 1.82) is 5.41 Å². The molecule has 7 nitrogen and oxygen atoms in total. The molecule has 0 amide bonds. The van der Waals surface area contributed by atoms with E-state index in [9.17, 15) is 14.7 Å². The van der Waals surface area contributed by atoms with Crippen molar-refractivity contribution in [3.05, 3.63) is 105 Å². The summed E-state index contributed by atoms with van der Waals surface area (Å²) in [5, 5.41) is 24.3. The molecule has 0 aliphatic heterocycles. The smallest absolute Gasteiger partial charge is 0.337 e. The maximum absolute atomic E-state index is 13.0. The first kappa shape index (κ1) is 23.1. The van der Waals surface area contributed by atoms with E-state index in [1.165, 1.54) is 12.1 Å². The van der Waals surface area contributed by atoms with E-state index in [0.29, 0.717) is 49.9 Å². The average molecular weight is 476 g/mol. The maximum Gasteiger partial charge on any atom is 0.337 e. The van der Waals surface area contributed by atoms with Crippen molar-refractivity contribution in [2.24, 2.45) is 0 Å². The van der Waals surface area contributed by atoms with Crippen LogP contribution in [-0.2, 0) is 0 Å². The van der Waals surface area contributed by atoms with Gasteiger partial charge in [-0.15, -0.1) is 0 Å². The van der Waals surface area contributed by atoms with Crippen molar-refractivity contribution in [3.8, 4) is 0 Å². The minimum Gasteiger partial charge on any atom is -0.478 e. The molecule has 34 heavy (non-hydrogen) atoms. The van der Waals surface area contributed by atoms with Gasteiger partial charge < -0.3 is 25.6 Å². The fraction of sp³-hybridized carbons (Fsp3) is 0.115. The molecule has 172 valence electrons. The standard InChI is InChI=1S/C26H22ClN3O4/c1-14(30-22-6-4-3-5-18(22)26(32)33)19-10-17(27)11-20-23(31)12-24(34-25(19)20)15-7-8-21(28)16(9-15)13-29-2/h3-14,28-30H,1-2H3,(H,32,33)/b16-13-,28-21?/t14-/m1/s1. The highest BCUT2D eigenvalue weighted by molar-refractivity contribution is 6.31. The third-order valence-corrected chi connectivity index (χ3v) is 5.67. The molecule has 1 atom stereocenters. The van der Waals surface area contributed by atoms with Crippen LogP contribution in [0.4, 0.5) is 5.69 Å². The van der Waals surface area contributed by atoms with Gasteiger partial charge in [0.05, 0.1) is 22.7 Å². The number of carboxylic acid groups (broad SMARTS) is 1. The van der Waals surface area contributed by atoms with Crippen LogP contribution in [0.3, 0.4) is 0 Å². The Morgan fingerprint density at radius 1 is 1.21 bits per heavy atom. The van der Waals surface area contributed by atoms with Crippen molar-refractivity contribution in [1.82, 2.24) is 5.32 Å². The second-order valence-electron chi connectivity index (χ2n) is 7.80. The molecule has 4 N–H and O–H groups in total. The van der Waals surface area contributed by atoms with Gasteiger partial charge in [-0.1, -0.05) is 23.7 Å². The van der Waals surface area contributed by atoms with E-state index in [1.54, 1.807) is 61.8 Å². The second kappa shape index (κ2) is 9.41. The number of benzene rings is 2. The molecule has 0 bridgehead atoms. The highest BCUT2D eigenvalue weighted by Gasteiger charge is 2.19. The summed E-state index contributed by atoms with van der Waals surface area (Å²) in [6, 6.07) is 10.8. The summed E-state index contributed by atoms with van der Waals surface area (Å²) in [7, 11) is 1.75. The highest BCUT2D eigenvalue weighted by atomic mass is 35.5. The molecule has 0 unspecified atom stereocenters. The average Bonchev–Trinajstić information content (AvgIpc) is 2.80. The van der Waals surface area contributed by atoms with Gasteiger partial charge in [-0.05, 0) is 49.4 Å². The Balaban J connectivity index is 1.83. The van der Waals surface area contributed by atoms with Gasteiger partial charge >= 0.3 is 5.97 Å². The maximum atomic E-state index is 13.0. The van der Waals surface area contributed by atoms with E-state index >= 15 is 0 Å². The van der Waals surface area contributed by atoms with E-state index in [4.69, 9.17) is 21.4 Å². The zero-order valence-electron chi connectivity index (χ0n) is 18.5. The highest BCUT2D eigenvalue weighted by Crippen LogP contribution is 2.32. The van der Waals surface area contributed by atoms with Crippen LogP contribution < -0.4 is 16.1 Å². The monoisotopic (exact) mass is 475 g/mol. The number of halogens is 1. The minimum absolute atomic E-state index is 0.131. The molecule has 0 saturated heterocycles. The molecule has 1 aliphatic rings. The van der Waals surface area contributed by atoms with Gasteiger partial charge in [-0.2, -0.15) is 0 Å². The van der Waals surface area contributed by atoms with Crippen molar-refractivity contribution < 1.29 is 14.3 Å². The first-order chi connectivity index (χ1) is 16.3. The number of rotatable bonds is 6. The lowest BCUT2D eigenvalue weighted by Gasteiger charge is -2.19. The lowest BCUT2D eigenvalue weighted by molar-refractivity contribution is 0.0698. The van der Waals surface area contributed by atoms with Crippen LogP contribution in [0.1, 0.15) is 34.6 Å². The lowest BCUT2D eigenvalue weighted by atomic mass is 9.98. The number of carboxylic acids is 1. The molecule has 2 aromatic carbocycles. The third-order valence-electron chi connectivity index (χ3n) is 5.45. The molecule has 0 spiro atoms. The predicted molar refractivity (Wildman–Crippen MR) is 135 cm³/mol. The van der Waals surface area contributed by atoms with E-state index in [0.717, 1.165) is 0 Å². The van der Waals surface area contributed by atoms with Crippen molar-refractivity contribution in [3.63, 3.8) is 0 Å². The molecule has 4 rings (SSSR count). The van der Waals surface area contributed by atoms with Crippen molar-refractivity contribution in [2.45, 2.75) is 13.0 Å². The first-order valence-corrected chi connectivity index (χ1v) is 10.9. The number of para-hydroxylation sites is 1. The van der Waals surface area contributed by atoms with Gasteiger partial charge in [0.15, 0.2) is 5.43 Å². The Kier molecular flexibility index (Phi) is 6.38. The molecule has 0 fully saturated rings. The molecule has 1 aromatic heterocycles. The van der Waals surface area contributed by atoms with Gasteiger partial charge in [0.2, 0.25) is 0 Å². The summed E-state index contributed by atoms with van der Waals surface area (Å²) >= 11 is 6.32. The van der Waals surface area contributed by atoms with Crippen LogP contribution in [0.2, 0.25) is 5.02 Å². The number of nitrogens with one attached hydrogen (secondary N) is 3. The third kappa shape index (κ3) is 4.51. The number of fused-ring (bicyclic) bond motifs is 1. The number of hydrogen-bond acceptors (Lipinski definition) is 6. The lowest BCUT2D eigenvalue weighted by Crippen LogP contribution is -2.12. The normalized spacial score (nSPS) is 15.3. The van der Waals surface area contributed by atoms with Gasteiger partial charge in [-0.3, -0.25) is 4.79 Å². The molecule has 8 heteroatoms. The molecule has 3 aromatic rings. The van der Waals surface area contributed by atoms with Crippen LogP contribution in [0, 0.1) is 5.41 Å². The summed E-state index contributed by atoms with van der Waals surface area (Å²) in [5.41, 5.74) is 2.91. The Labute approximate surface area is 200 Å². The SMILES string of the molecule is CN/C=C1/C=C(c2cc(=O)c3cc(Cl)cc([C@@H](C)Nc4ccccc4C(=O)O)c3o2)C=CC1=N. The second-order valence-corrected chi connectivity index (χ2v) is 8.23. The van der Waals surface area contributed by atoms with E-state index < -0.39 is 12.0 Å². The summed E-state index contributed by atoms with van der Waals surface area (Å²) in [5.74, 6) is -0.697. The fourth-order valence-corrected chi connectivity index (χ4v) is 4.04. The van der Waals surface area contributed by atoms with Gasteiger partial charge in [0.25, 0.3) is 0 Å². The van der Waals surface area contributed by atoms with Crippen molar-refractivity contribution in [2.75, 3.05) is 12.4 Å². The summed E-state index contributed by atoms with van der Waals surface area (Å²) in [6.45, 7) is 1.84. The first-order valence-electron chi connectivity index (χ1n) is 10.5. The van der Waals surface area contributed by atoms with Gasteiger partial charge in [0, 0.05) is 46.7 Å². The molecule has 1 heterocycles. The topological polar surface area (TPSA) is 115 Å². The minimum atomic E-state index is -1.05. The van der Waals surface area contributed by atoms with Crippen molar-refractivity contribution >= 4 is 45.5 Å². The van der Waals surface area contributed by atoms with Gasteiger partial charge in [-0.25, -0.2) is 4.79 Å². The predicted octanol–water partition coefficient (Wildman–Crippen LogP) is 5.39. The fourth-order valence-electron chi connectivity index (χ4n) is 3.81.